The van der Waals surface area contributed by atoms with E-state index in [1.807, 2.05) is 5.32 Å². The summed E-state index contributed by atoms with van der Waals surface area (Å²) in [7, 11) is 0. The third kappa shape index (κ3) is 7.09. The van der Waals surface area contributed by atoms with Gasteiger partial charge in [0.05, 0.1) is 13.1 Å². The Kier molecular flexibility index (Phi) is 6.84. The fourth-order valence-electron chi connectivity index (χ4n) is 1.19. The highest BCUT2D eigenvalue weighted by Crippen LogP contribution is 2.22. The first-order valence-electron chi connectivity index (χ1n) is 5.35. The minimum atomic E-state index is -4.84. The fourth-order valence-corrected chi connectivity index (χ4v) is 1.19. The SMILES string of the molecule is Cl.NCC(F)(F)CNC(=O)c1ccc(OC(F)(F)F)cc1. The Morgan fingerprint density at radius 2 is 1.67 bits per heavy atom. The van der Waals surface area contributed by atoms with Crippen LogP contribution >= 0.6 is 12.4 Å². The van der Waals surface area contributed by atoms with Gasteiger partial charge in [-0.3, -0.25) is 4.79 Å². The van der Waals surface area contributed by atoms with E-state index in [0.29, 0.717) is 0 Å². The Bertz CT molecular complexity index is 465. The predicted molar refractivity (Wildman–Crippen MR) is 66.7 cm³/mol. The number of hydrogen-bond donors (Lipinski definition) is 2. The number of halogens is 6. The number of alkyl halides is 5. The second-order valence-corrected chi connectivity index (χ2v) is 3.81. The van der Waals surface area contributed by atoms with Crippen LogP contribution in [0.1, 0.15) is 10.4 Å². The molecule has 1 aromatic rings. The molecular formula is C11H12ClF5N2O2. The number of carbonyl (C=O) groups is 1. The molecule has 0 saturated carbocycles. The maximum absolute atomic E-state index is 12.8. The van der Waals surface area contributed by atoms with E-state index in [1.54, 1.807) is 0 Å². The number of ether oxygens (including phenoxy) is 1. The van der Waals surface area contributed by atoms with E-state index in [1.165, 1.54) is 0 Å². The van der Waals surface area contributed by atoms with Gasteiger partial charge in [0.1, 0.15) is 5.75 Å². The molecule has 21 heavy (non-hydrogen) atoms. The Labute approximate surface area is 122 Å². The van der Waals surface area contributed by atoms with E-state index < -0.39 is 37.0 Å². The Morgan fingerprint density at radius 1 is 1.14 bits per heavy atom. The van der Waals surface area contributed by atoms with Crippen LogP contribution in [-0.2, 0) is 0 Å². The first-order valence-corrected chi connectivity index (χ1v) is 5.35. The second-order valence-electron chi connectivity index (χ2n) is 3.81. The maximum Gasteiger partial charge on any atom is 0.573 e. The molecule has 0 bridgehead atoms. The van der Waals surface area contributed by atoms with Crippen LogP contribution in [0.5, 0.6) is 5.75 Å². The van der Waals surface area contributed by atoms with Crippen LogP contribution < -0.4 is 15.8 Å². The molecule has 0 aromatic heterocycles. The van der Waals surface area contributed by atoms with E-state index in [2.05, 4.69) is 4.74 Å². The zero-order valence-electron chi connectivity index (χ0n) is 10.4. The third-order valence-corrected chi connectivity index (χ3v) is 2.16. The van der Waals surface area contributed by atoms with Crippen LogP contribution in [-0.4, -0.2) is 31.3 Å². The summed E-state index contributed by atoms with van der Waals surface area (Å²) < 4.78 is 64.9. The van der Waals surface area contributed by atoms with Crippen LogP contribution in [0, 0.1) is 0 Å². The van der Waals surface area contributed by atoms with Gasteiger partial charge >= 0.3 is 6.36 Å². The lowest BCUT2D eigenvalue weighted by Crippen LogP contribution is -2.41. The van der Waals surface area contributed by atoms with Crippen LogP contribution in [0.4, 0.5) is 22.0 Å². The van der Waals surface area contributed by atoms with E-state index in [4.69, 9.17) is 5.73 Å². The third-order valence-electron chi connectivity index (χ3n) is 2.16. The van der Waals surface area contributed by atoms with Crippen LogP contribution in [0.25, 0.3) is 0 Å². The van der Waals surface area contributed by atoms with Gasteiger partial charge in [-0.15, -0.1) is 25.6 Å². The van der Waals surface area contributed by atoms with Gasteiger partial charge in [0.25, 0.3) is 11.8 Å². The number of nitrogens with two attached hydrogens (primary N) is 1. The number of amides is 1. The first kappa shape index (κ1) is 19.4. The highest BCUT2D eigenvalue weighted by atomic mass is 35.5. The molecular weight excluding hydrogens is 323 g/mol. The van der Waals surface area contributed by atoms with Crippen molar-refractivity contribution in [2.45, 2.75) is 12.3 Å². The summed E-state index contributed by atoms with van der Waals surface area (Å²) in [5.41, 5.74) is 4.71. The molecule has 1 aromatic carbocycles. The number of benzene rings is 1. The Morgan fingerprint density at radius 3 is 2.10 bits per heavy atom. The summed E-state index contributed by atoms with van der Waals surface area (Å²) in [6.07, 6.45) is -4.84. The molecule has 0 aliphatic rings. The number of rotatable bonds is 5. The lowest BCUT2D eigenvalue weighted by molar-refractivity contribution is -0.274. The molecule has 0 saturated heterocycles. The van der Waals surface area contributed by atoms with E-state index in [-0.39, 0.29) is 18.0 Å². The molecule has 0 heterocycles. The standard InChI is InChI=1S/C11H11F5N2O2.ClH/c12-10(13,5-17)6-18-9(19)7-1-3-8(4-2-7)20-11(14,15)16;/h1-4H,5-6,17H2,(H,18,19);1H. The largest absolute Gasteiger partial charge is 0.573 e. The summed E-state index contributed by atoms with van der Waals surface area (Å²) >= 11 is 0. The van der Waals surface area contributed by atoms with E-state index in [0.717, 1.165) is 24.3 Å². The zero-order valence-corrected chi connectivity index (χ0v) is 11.2. The summed E-state index contributed by atoms with van der Waals surface area (Å²) in [6, 6.07) is 3.86. The van der Waals surface area contributed by atoms with Crippen molar-refractivity contribution in [3.05, 3.63) is 29.8 Å². The maximum atomic E-state index is 12.8. The highest BCUT2D eigenvalue weighted by Gasteiger charge is 2.31. The van der Waals surface area contributed by atoms with Crippen molar-refractivity contribution in [1.82, 2.24) is 5.32 Å². The summed E-state index contributed by atoms with van der Waals surface area (Å²) in [5.74, 6) is -4.60. The van der Waals surface area contributed by atoms with Crippen LogP contribution in [0.2, 0.25) is 0 Å². The molecule has 0 atom stereocenters. The molecule has 0 unspecified atom stereocenters. The van der Waals surface area contributed by atoms with Gasteiger partial charge in [0.2, 0.25) is 0 Å². The second kappa shape index (κ2) is 7.41. The van der Waals surface area contributed by atoms with Crippen molar-refractivity contribution in [1.29, 1.82) is 0 Å². The van der Waals surface area contributed by atoms with Gasteiger partial charge < -0.3 is 15.8 Å². The van der Waals surface area contributed by atoms with Crippen molar-refractivity contribution >= 4 is 18.3 Å². The lowest BCUT2D eigenvalue weighted by atomic mass is 10.2. The minimum Gasteiger partial charge on any atom is -0.406 e. The van der Waals surface area contributed by atoms with E-state index >= 15 is 0 Å². The minimum absolute atomic E-state index is 0. The van der Waals surface area contributed by atoms with Crippen molar-refractivity contribution in [2.24, 2.45) is 5.73 Å². The molecule has 0 aliphatic carbocycles. The van der Waals surface area contributed by atoms with Gasteiger partial charge in [0.15, 0.2) is 0 Å². The van der Waals surface area contributed by atoms with Crippen molar-refractivity contribution < 1.29 is 31.5 Å². The van der Waals surface area contributed by atoms with Gasteiger partial charge in [-0.1, -0.05) is 0 Å². The molecule has 0 spiro atoms. The molecule has 10 heteroatoms. The molecule has 1 amide bonds. The monoisotopic (exact) mass is 334 g/mol. The summed E-state index contributed by atoms with van der Waals surface area (Å²) in [4.78, 5) is 11.5. The molecule has 120 valence electrons. The summed E-state index contributed by atoms with van der Waals surface area (Å²) in [5, 5.41) is 1.93. The molecule has 3 N–H and O–H groups in total. The highest BCUT2D eigenvalue weighted by molar-refractivity contribution is 5.94. The number of nitrogens with one attached hydrogen (secondary N) is 1. The van der Waals surface area contributed by atoms with Gasteiger partial charge in [-0.2, -0.15) is 0 Å². The van der Waals surface area contributed by atoms with Crippen LogP contribution in [0.3, 0.4) is 0 Å². The average molecular weight is 335 g/mol. The molecule has 0 fully saturated rings. The number of hydrogen-bond acceptors (Lipinski definition) is 3. The molecule has 0 radical (unpaired) electrons. The smallest absolute Gasteiger partial charge is 0.406 e. The van der Waals surface area contributed by atoms with E-state index in [9.17, 15) is 26.7 Å². The van der Waals surface area contributed by atoms with Gasteiger partial charge in [0, 0.05) is 5.56 Å². The number of carbonyl (C=O) groups excluding carboxylic acids is 1. The lowest BCUT2D eigenvalue weighted by Gasteiger charge is -2.14. The normalized spacial score (nSPS) is 11.5. The van der Waals surface area contributed by atoms with Gasteiger partial charge in [-0.05, 0) is 24.3 Å². The Balaban J connectivity index is 0.00000400. The van der Waals surface area contributed by atoms with Crippen molar-refractivity contribution in [2.75, 3.05) is 13.1 Å². The fraction of sp³-hybridized carbons (Fsp3) is 0.364. The summed E-state index contributed by atoms with van der Waals surface area (Å²) in [6.45, 7) is -1.88. The van der Waals surface area contributed by atoms with Crippen molar-refractivity contribution in [3.63, 3.8) is 0 Å². The van der Waals surface area contributed by atoms with Gasteiger partial charge in [-0.25, -0.2) is 8.78 Å². The quantitative estimate of drug-likeness (QED) is 0.812. The zero-order chi connectivity index (χ0) is 15.4. The molecule has 1 rings (SSSR count). The van der Waals surface area contributed by atoms with Crippen LogP contribution in [0.15, 0.2) is 24.3 Å². The molecule has 4 nitrogen and oxygen atoms in total. The average Bonchev–Trinajstić information content (AvgIpc) is 2.35. The molecule has 0 aliphatic heterocycles. The topological polar surface area (TPSA) is 64.3 Å². The first-order chi connectivity index (χ1) is 9.13. The Hall–Kier alpha value is -1.61. The van der Waals surface area contributed by atoms with Crippen molar-refractivity contribution in [3.8, 4) is 5.75 Å². The predicted octanol–water partition coefficient (Wildman–Crippen LogP) is 2.33.